The number of carbonyl (C=O) groups excluding carboxylic acids is 1. The second kappa shape index (κ2) is 6.85. The van der Waals surface area contributed by atoms with E-state index in [1.807, 2.05) is 6.92 Å². The number of carbonyl (C=O) groups is 1. The first-order valence-electron chi connectivity index (χ1n) is 5.54. The number of hydrogen-bond acceptors (Lipinski definition) is 4. The van der Waals surface area contributed by atoms with E-state index in [0.717, 1.165) is 0 Å². The number of nitrogens with one attached hydrogen (secondary N) is 1. The Morgan fingerprint density at radius 2 is 2.16 bits per heavy atom. The van der Waals surface area contributed by atoms with Gasteiger partial charge in [0.15, 0.2) is 0 Å². The quantitative estimate of drug-likeness (QED) is 0.775. The summed E-state index contributed by atoms with van der Waals surface area (Å²) in [6.45, 7) is 2.63. The molecule has 3 N–H and O–H groups in total. The zero-order valence-corrected chi connectivity index (χ0v) is 11.9. The van der Waals surface area contributed by atoms with Gasteiger partial charge >= 0.3 is 0 Å². The van der Waals surface area contributed by atoms with Gasteiger partial charge in [0, 0.05) is 6.61 Å². The van der Waals surface area contributed by atoms with E-state index in [2.05, 4.69) is 5.32 Å². The van der Waals surface area contributed by atoms with Crippen LogP contribution in [0, 0.1) is 0 Å². The number of anilines is 1. The molecule has 19 heavy (non-hydrogen) atoms. The third kappa shape index (κ3) is 5.15. The summed E-state index contributed by atoms with van der Waals surface area (Å²) in [6.07, 6.45) is 0.157. The minimum absolute atomic E-state index is 0.114. The largest absolute Gasteiger partial charge is 0.381 e. The summed E-state index contributed by atoms with van der Waals surface area (Å²) in [5, 5.41) is 7.75. The molecule has 0 atom stereocenters. The number of sulfonamides is 1. The Hall–Kier alpha value is -1.15. The molecule has 6 nitrogen and oxygen atoms in total. The molecule has 1 aromatic carbocycles. The molecular formula is C11H15ClN2O4S. The highest BCUT2D eigenvalue weighted by molar-refractivity contribution is 7.89. The van der Waals surface area contributed by atoms with E-state index in [9.17, 15) is 13.2 Å². The van der Waals surface area contributed by atoms with Crippen molar-refractivity contribution in [3.05, 3.63) is 23.2 Å². The first-order valence-corrected chi connectivity index (χ1v) is 7.47. The van der Waals surface area contributed by atoms with Crippen LogP contribution in [-0.4, -0.2) is 27.5 Å². The van der Waals surface area contributed by atoms with E-state index in [0.29, 0.717) is 6.61 Å². The maximum absolute atomic E-state index is 11.6. The third-order valence-electron chi connectivity index (χ3n) is 2.22. The summed E-state index contributed by atoms with van der Waals surface area (Å²) in [5.74, 6) is -0.318. The average Bonchev–Trinajstić information content (AvgIpc) is 2.31. The van der Waals surface area contributed by atoms with Gasteiger partial charge in [-0.05, 0) is 25.1 Å². The maximum Gasteiger partial charge on any atom is 0.238 e. The van der Waals surface area contributed by atoms with E-state index in [1.165, 1.54) is 18.2 Å². The van der Waals surface area contributed by atoms with Gasteiger partial charge in [-0.15, -0.1) is 0 Å². The van der Waals surface area contributed by atoms with Crippen molar-refractivity contribution in [3.63, 3.8) is 0 Å². The molecule has 0 radical (unpaired) electrons. The van der Waals surface area contributed by atoms with Gasteiger partial charge in [0.1, 0.15) is 0 Å². The molecule has 0 aromatic heterocycles. The van der Waals surface area contributed by atoms with E-state index in [4.69, 9.17) is 21.5 Å². The van der Waals surface area contributed by atoms with Crippen molar-refractivity contribution in [1.82, 2.24) is 0 Å². The van der Waals surface area contributed by atoms with Crippen LogP contribution >= 0.6 is 11.6 Å². The fraction of sp³-hybridized carbons (Fsp3) is 0.364. The molecule has 0 aliphatic carbocycles. The lowest BCUT2D eigenvalue weighted by Crippen LogP contribution is -2.16. The number of ether oxygens (including phenoxy) is 1. The molecular weight excluding hydrogens is 292 g/mol. The van der Waals surface area contributed by atoms with Crippen LogP contribution in [0.5, 0.6) is 0 Å². The Balaban J connectivity index is 2.80. The molecule has 0 spiro atoms. The van der Waals surface area contributed by atoms with Crippen molar-refractivity contribution in [3.8, 4) is 0 Å². The van der Waals surface area contributed by atoms with Crippen LogP contribution in [0.15, 0.2) is 23.1 Å². The first-order chi connectivity index (χ1) is 8.84. The maximum atomic E-state index is 11.6. The summed E-state index contributed by atoms with van der Waals surface area (Å²) in [7, 11) is -3.83. The van der Waals surface area contributed by atoms with Gasteiger partial charge in [-0.3, -0.25) is 4.79 Å². The topological polar surface area (TPSA) is 98.5 Å². The smallest absolute Gasteiger partial charge is 0.238 e. The highest BCUT2D eigenvalue weighted by atomic mass is 35.5. The summed E-state index contributed by atoms with van der Waals surface area (Å²) in [5.41, 5.74) is 0.203. The highest BCUT2D eigenvalue weighted by Crippen LogP contribution is 2.24. The Morgan fingerprint density at radius 1 is 1.47 bits per heavy atom. The molecule has 0 unspecified atom stereocenters. The molecule has 0 saturated heterocycles. The zero-order valence-electron chi connectivity index (χ0n) is 10.3. The Labute approximate surface area is 116 Å². The normalized spacial score (nSPS) is 11.3. The van der Waals surface area contributed by atoms with Crippen LogP contribution in [0.25, 0.3) is 0 Å². The third-order valence-corrected chi connectivity index (χ3v) is 3.46. The zero-order chi connectivity index (χ0) is 14.5. The van der Waals surface area contributed by atoms with Crippen LogP contribution in [0.2, 0.25) is 5.02 Å². The second-order valence-corrected chi connectivity index (χ2v) is 5.65. The van der Waals surface area contributed by atoms with E-state index in [-0.39, 0.29) is 34.5 Å². The van der Waals surface area contributed by atoms with Gasteiger partial charge in [-0.1, -0.05) is 11.6 Å². The summed E-state index contributed by atoms with van der Waals surface area (Å²) >= 11 is 5.87. The van der Waals surface area contributed by atoms with Crippen molar-refractivity contribution in [2.45, 2.75) is 18.2 Å². The van der Waals surface area contributed by atoms with E-state index < -0.39 is 10.0 Å². The fourth-order valence-corrected chi connectivity index (χ4v) is 2.00. The Bertz CT molecular complexity index is 560. The molecule has 1 aromatic rings. The van der Waals surface area contributed by atoms with Crippen LogP contribution in [0.4, 0.5) is 5.69 Å². The lowest BCUT2D eigenvalue weighted by atomic mass is 10.3. The summed E-state index contributed by atoms with van der Waals surface area (Å²) < 4.78 is 27.4. The van der Waals surface area contributed by atoms with Crippen LogP contribution < -0.4 is 10.5 Å². The number of primary sulfonamides is 1. The Morgan fingerprint density at radius 3 is 2.74 bits per heavy atom. The van der Waals surface area contributed by atoms with Crippen LogP contribution in [0.3, 0.4) is 0 Å². The van der Waals surface area contributed by atoms with Crippen LogP contribution in [0.1, 0.15) is 13.3 Å². The summed E-state index contributed by atoms with van der Waals surface area (Å²) in [6, 6.07) is 3.85. The lowest BCUT2D eigenvalue weighted by molar-refractivity contribution is -0.117. The molecule has 106 valence electrons. The van der Waals surface area contributed by atoms with Crippen molar-refractivity contribution < 1.29 is 17.9 Å². The number of rotatable bonds is 6. The Kier molecular flexibility index (Phi) is 5.74. The molecule has 0 aliphatic rings. The molecule has 0 fully saturated rings. The number of benzene rings is 1. The van der Waals surface area contributed by atoms with Crippen molar-refractivity contribution in [1.29, 1.82) is 0 Å². The van der Waals surface area contributed by atoms with Crippen LogP contribution in [-0.2, 0) is 19.6 Å². The van der Waals surface area contributed by atoms with Gasteiger partial charge in [0.05, 0.1) is 28.6 Å². The number of nitrogens with two attached hydrogens (primary N) is 1. The van der Waals surface area contributed by atoms with Gasteiger partial charge in [-0.25, -0.2) is 13.6 Å². The van der Waals surface area contributed by atoms with E-state index >= 15 is 0 Å². The summed E-state index contributed by atoms with van der Waals surface area (Å²) in [4.78, 5) is 11.5. The van der Waals surface area contributed by atoms with Gasteiger partial charge in [0.2, 0.25) is 15.9 Å². The predicted octanol–water partition coefficient (Wildman–Crippen LogP) is 1.35. The molecule has 1 rings (SSSR count). The first kappa shape index (κ1) is 15.9. The fourth-order valence-electron chi connectivity index (χ4n) is 1.30. The molecule has 0 bridgehead atoms. The average molecular weight is 307 g/mol. The van der Waals surface area contributed by atoms with Crippen molar-refractivity contribution in [2.75, 3.05) is 18.5 Å². The van der Waals surface area contributed by atoms with Gasteiger partial charge < -0.3 is 10.1 Å². The second-order valence-electron chi connectivity index (χ2n) is 3.68. The SMILES string of the molecule is CCOCCC(=O)Nc1cc(S(N)(=O)=O)ccc1Cl. The lowest BCUT2D eigenvalue weighted by Gasteiger charge is -2.08. The molecule has 1 amide bonds. The standard InChI is InChI=1S/C11H15ClN2O4S/c1-2-18-6-5-11(15)14-10-7-8(19(13,16)17)3-4-9(10)12/h3-4,7H,2,5-6H2,1H3,(H,14,15)(H2,13,16,17). The molecule has 0 saturated carbocycles. The number of amides is 1. The van der Waals surface area contributed by atoms with Gasteiger partial charge in [-0.2, -0.15) is 0 Å². The predicted molar refractivity (Wildman–Crippen MR) is 72.6 cm³/mol. The molecule has 0 aliphatic heterocycles. The minimum Gasteiger partial charge on any atom is -0.381 e. The number of halogens is 1. The highest BCUT2D eigenvalue weighted by Gasteiger charge is 2.12. The van der Waals surface area contributed by atoms with E-state index in [1.54, 1.807) is 0 Å². The molecule has 0 heterocycles. The van der Waals surface area contributed by atoms with Crippen molar-refractivity contribution in [2.24, 2.45) is 5.14 Å². The number of hydrogen-bond donors (Lipinski definition) is 2. The minimum atomic E-state index is -3.83. The van der Waals surface area contributed by atoms with Crippen molar-refractivity contribution >= 4 is 33.2 Å². The molecule has 8 heteroatoms. The van der Waals surface area contributed by atoms with Gasteiger partial charge in [0.25, 0.3) is 0 Å². The monoisotopic (exact) mass is 306 g/mol.